The van der Waals surface area contributed by atoms with Crippen molar-refractivity contribution in [1.82, 2.24) is 9.97 Å². The highest BCUT2D eigenvalue weighted by Gasteiger charge is 2.11. The second kappa shape index (κ2) is 3.53. The molecule has 2 rings (SSSR count). The smallest absolute Gasteiger partial charge is 0.353 e. The van der Waals surface area contributed by atoms with Crippen molar-refractivity contribution in [3.8, 4) is 11.4 Å². The van der Waals surface area contributed by atoms with Crippen LogP contribution >= 0.6 is 0 Å². The second-order valence-electron chi connectivity index (χ2n) is 2.93. The molecule has 0 aliphatic carbocycles. The molecule has 0 fully saturated rings. The molecule has 0 unspecified atom stereocenters. The molecule has 0 aliphatic rings. The fourth-order valence-electron chi connectivity index (χ4n) is 1.22. The zero-order valence-electron chi connectivity index (χ0n) is 7.57. The fraction of sp³-hybridized carbons (Fsp3) is 0. The summed E-state index contributed by atoms with van der Waals surface area (Å²) in [6.07, 6.45) is 1.16. The number of carbonyl (C=O) groups is 1. The summed E-state index contributed by atoms with van der Waals surface area (Å²) in [5.74, 6) is -1.35. The molecule has 0 saturated carbocycles. The Labute approximate surface area is 84.4 Å². The molecule has 0 amide bonds. The first-order valence-electron chi connectivity index (χ1n) is 4.21. The molecule has 4 nitrogen and oxygen atoms in total. The highest BCUT2D eigenvalue weighted by atomic mass is 19.1. The van der Waals surface area contributed by atoms with Gasteiger partial charge in [0.25, 0.3) is 0 Å². The number of nitrogens with zero attached hydrogens (tertiary/aromatic N) is 1. The van der Waals surface area contributed by atoms with Crippen molar-refractivity contribution in [2.45, 2.75) is 0 Å². The van der Waals surface area contributed by atoms with E-state index in [4.69, 9.17) is 5.11 Å². The lowest BCUT2D eigenvalue weighted by atomic mass is 10.2. The van der Waals surface area contributed by atoms with E-state index in [0.717, 1.165) is 6.20 Å². The van der Waals surface area contributed by atoms with E-state index >= 15 is 0 Å². The summed E-state index contributed by atoms with van der Waals surface area (Å²) >= 11 is 0. The summed E-state index contributed by atoms with van der Waals surface area (Å²) in [5, 5.41) is 8.65. The highest BCUT2D eigenvalue weighted by molar-refractivity contribution is 5.85. The monoisotopic (exact) mass is 206 g/mol. The summed E-state index contributed by atoms with van der Waals surface area (Å²) < 4.78 is 13.3. The summed E-state index contributed by atoms with van der Waals surface area (Å²) in [7, 11) is 0. The third kappa shape index (κ3) is 1.71. The van der Waals surface area contributed by atoms with Crippen molar-refractivity contribution >= 4 is 5.97 Å². The third-order valence-electron chi connectivity index (χ3n) is 1.94. The number of hydrogen-bond donors (Lipinski definition) is 2. The van der Waals surface area contributed by atoms with E-state index in [1.807, 2.05) is 0 Å². The van der Waals surface area contributed by atoms with Crippen molar-refractivity contribution in [2.24, 2.45) is 0 Å². The average molecular weight is 206 g/mol. The minimum absolute atomic E-state index is 0.0618. The molecule has 1 heterocycles. The first-order chi connectivity index (χ1) is 7.18. The molecule has 0 aliphatic heterocycles. The van der Waals surface area contributed by atoms with Gasteiger partial charge in [-0.25, -0.2) is 14.2 Å². The van der Waals surface area contributed by atoms with Gasteiger partial charge in [0.05, 0.1) is 11.8 Å². The Kier molecular flexibility index (Phi) is 2.21. The number of aromatic nitrogens is 2. The number of rotatable bonds is 2. The van der Waals surface area contributed by atoms with Gasteiger partial charge >= 0.3 is 5.97 Å². The molecule has 2 aromatic rings. The zero-order valence-corrected chi connectivity index (χ0v) is 7.57. The number of hydrogen-bond acceptors (Lipinski definition) is 2. The summed E-state index contributed by atoms with van der Waals surface area (Å²) in [5.41, 5.74) is 0.193. The number of halogens is 1. The van der Waals surface area contributed by atoms with Crippen LogP contribution in [0.2, 0.25) is 0 Å². The topological polar surface area (TPSA) is 66.0 Å². The zero-order chi connectivity index (χ0) is 10.8. The van der Waals surface area contributed by atoms with Crippen molar-refractivity contribution in [1.29, 1.82) is 0 Å². The van der Waals surface area contributed by atoms with Crippen LogP contribution in [0.1, 0.15) is 10.5 Å². The minimum atomic E-state index is -1.12. The van der Waals surface area contributed by atoms with Gasteiger partial charge in [-0.1, -0.05) is 12.1 Å². The van der Waals surface area contributed by atoms with Crippen LogP contribution in [0, 0.1) is 5.82 Å². The van der Waals surface area contributed by atoms with E-state index in [1.54, 1.807) is 12.1 Å². The van der Waals surface area contributed by atoms with Crippen molar-refractivity contribution < 1.29 is 14.3 Å². The number of carboxylic acids is 1. The molecule has 1 aromatic heterocycles. The molecule has 0 radical (unpaired) electrons. The molecule has 1 aromatic carbocycles. The molecule has 0 atom stereocenters. The summed E-state index contributed by atoms with van der Waals surface area (Å²) in [4.78, 5) is 16.9. The lowest BCUT2D eigenvalue weighted by Gasteiger charge is -1.97. The first-order valence-corrected chi connectivity index (χ1v) is 4.21. The Hall–Kier alpha value is -2.17. The van der Waals surface area contributed by atoms with Crippen molar-refractivity contribution in [3.63, 3.8) is 0 Å². The molecule has 0 spiro atoms. The number of nitrogens with one attached hydrogen (secondary N) is 1. The Balaban J connectivity index is 2.46. The molecule has 5 heteroatoms. The van der Waals surface area contributed by atoms with Crippen molar-refractivity contribution in [3.05, 3.63) is 42.0 Å². The number of aromatic carboxylic acids is 1. The summed E-state index contributed by atoms with van der Waals surface area (Å²) in [6, 6.07) is 6.03. The average Bonchev–Trinajstić information content (AvgIpc) is 2.67. The number of carboxylic acid groups (broad SMARTS) is 1. The molecular weight excluding hydrogens is 199 g/mol. The Morgan fingerprint density at radius 2 is 2.13 bits per heavy atom. The molecule has 2 N–H and O–H groups in total. The van der Waals surface area contributed by atoms with E-state index in [-0.39, 0.29) is 17.1 Å². The van der Waals surface area contributed by atoms with Gasteiger partial charge in [0.1, 0.15) is 17.3 Å². The Morgan fingerprint density at radius 3 is 2.73 bits per heavy atom. The van der Waals surface area contributed by atoms with E-state index in [2.05, 4.69) is 9.97 Å². The standard InChI is InChI=1S/C10H7FN2O2/c11-7-4-2-1-3-6(7)9-12-5-8(13-9)10(14)15/h1-5H,(H,12,13)(H,14,15). The molecule has 0 saturated heterocycles. The van der Waals surface area contributed by atoms with Crippen LogP contribution in [0.4, 0.5) is 4.39 Å². The van der Waals surface area contributed by atoms with E-state index in [1.165, 1.54) is 12.1 Å². The van der Waals surface area contributed by atoms with Gasteiger partial charge in [0, 0.05) is 0 Å². The van der Waals surface area contributed by atoms with Gasteiger partial charge in [-0.15, -0.1) is 0 Å². The van der Waals surface area contributed by atoms with Gasteiger partial charge < -0.3 is 10.1 Å². The largest absolute Gasteiger partial charge is 0.477 e. The third-order valence-corrected chi connectivity index (χ3v) is 1.94. The van der Waals surface area contributed by atoms with Crippen LogP contribution in [-0.2, 0) is 0 Å². The van der Waals surface area contributed by atoms with Crippen molar-refractivity contribution in [2.75, 3.05) is 0 Å². The van der Waals surface area contributed by atoms with Crippen LogP contribution in [0.3, 0.4) is 0 Å². The predicted octanol–water partition coefficient (Wildman–Crippen LogP) is 1.91. The van der Waals surface area contributed by atoms with Crippen LogP contribution in [-0.4, -0.2) is 21.0 Å². The molecule has 76 valence electrons. The fourth-order valence-corrected chi connectivity index (χ4v) is 1.22. The summed E-state index contributed by atoms with van der Waals surface area (Å²) in [6.45, 7) is 0. The quantitative estimate of drug-likeness (QED) is 0.788. The Morgan fingerprint density at radius 1 is 1.40 bits per heavy atom. The molecule has 0 bridgehead atoms. The molecular formula is C10H7FN2O2. The van der Waals surface area contributed by atoms with Gasteiger partial charge in [0.2, 0.25) is 0 Å². The predicted molar refractivity (Wildman–Crippen MR) is 50.9 cm³/mol. The number of imidazole rings is 1. The van der Waals surface area contributed by atoms with Gasteiger partial charge in [-0.2, -0.15) is 0 Å². The molecule has 15 heavy (non-hydrogen) atoms. The van der Waals surface area contributed by atoms with Crippen LogP contribution in [0.25, 0.3) is 11.4 Å². The normalized spacial score (nSPS) is 10.2. The van der Waals surface area contributed by atoms with E-state index in [9.17, 15) is 9.18 Å². The van der Waals surface area contributed by atoms with Crippen LogP contribution in [0.5, 0.6) is 0 Å². The Bertz CT molecular complexity index is 508. The first kappa shape index (κ1) is 9.39. The lowest BCUT2D eigenvalue weighted by Crippen LogP contribution is -1.95. The number of aromatic amines is 1. The van der Waals surface area contributed by atoms with Gasteiger partial charge in [-0.05, 0) is 12.1 Å². The minimum Gasteiger partial charge on any atom is -0.477 e. The van der Waals surface area contributed by atoms with E-state index < -0.39 is 11.8 Å². The number of H-pyrrole nitrogens is 1. The van der Waals surface area contributed by atoms with Gasteiger partial charge in [0.15, 0.2) is 0 Å². The van der Waals surface area contributed by atoms with E-state index in [0.29, 0.717) is 0 Å². The maximum Gasteiger partial charge on any atom is 0.353 e. The maximum absolute atomic E-state index is 13.3. The maximum atomic E-state index is 13.3. The van der Waals surface area contributed by atoms with Gasteiger partial charge in [-0.3, -0.25) is 0 Å². The number of benzene rings is 1. The SMILES string of the molecule is O=C(O)c1cnc(-c2ccccc2F)[nH]1. The van der Waals surface area contributed by atoms with Crippen LogP contribution in [0.15, 0.2) is 30.5 Å². The second-order valence-corrected chi connectivity index (χ2v) is 2.93. The lowest BCUT2D eigenvalue weighted by molar-refractivity contribution is 0.0691. The van der Waals surface area contributed by atoms with Crippen LogP contribution < -0.4 is 0 Å². The highest BCUT2D eigenvalue weighted by Crippen LogP contribution is 2.18.